The van der Waals surface area contributed by atoms with Crippen LogP contribution in [0, 0.1) is 5.41 Å². The van der Waals surface area contributed by atoms with Crippen LogP contribution in [0.15, 0.2) is 47.6 Å². The molecule has 166 valence electrons. The monoisotopic (exact) mass is 462 g/mol. The van der Waals surface area contributed by atoms with Gasteiger partial charge in [-0.3, -0.25) is 4.79 Å². The molecule has 2 aromatic rings. The second-order valence-corrected chi connectivity index (χ2v) is 9.78. The number of amides is 1. The second kappa shape index (κ2) is 9.92. The van der Waals surface area contributed by atoms with Gasteiger partial charge in [-0.05, 0) is 35.2 Å². The van der Waals surface area contributed by atoms with Gasteiger partial charge in [-0.2, -0.15) is 0 Å². The third-order valence-corrected chi connectivity index (χ3v) is 5.69. The van der Waals surface area contributed by atoms with Crippen molar-refractivity contribution in [1.29, 1.82) is 0 Å². The SMILES string of the molecule is COc1cccc(CN(C[C@H]2CC(c3ccc(Cl)c(Cl)c3)=NO2)C(=O)CC(C)(C)C)c1. The minimum atomic E-state index is -0.223. The molecule has 1 heterocycles. The van der Waals surface area contributed by atoms with E-state index in [2.05, 4.69) is 25.9 Å². The van der Waals surface area contributed by atoms with Crippen LogP contribution in [-0.2, 0) is 16.2 Å². The number of carbonyl (C=O) groups excluding carboxylic acids is 1. The number of methoxy groups -OCH3 is 1. The lowest BCUT2D eigenvalue weighted by Crippen LogP contribution is -2.38. The van der Waals surface area contributed by atoms with Gasteiger partial charge in [0.05, 0.1) is 29.4 Å². The summed E-state index contributed by atoms with van der Waals surface area (Å²) >= 11 is 12.2. The van der Waals surface area contributed by atoms with Gasteiger partial charge in [0.1, 0.15) is 5.75 Å². The number of hydrogen-bond acceptors (Lipinski definition) is 4. The highest BCUT2D eigenvalue weighted by atomic mass is 35.5. The molecule has 1 aliphatic heterocycles. The van der Waals surface area contributed by atoms with E-state index in [9.17, 15) is 4.79 Å². The highest BCUT2D eigenvalue weighted by molar-refractivity contribution is 6.42. The number of ether oxygens (including phenoxy) is 1. The number of benzene rings is 2. The first-order chi connectivity index (χ1) is 14.6. The van der Waals surface area contributed by atoms with Gasteiger partial charge in [0.25, 0.3) is 0 Å². The zero-order chi connectivity index (χ0) is 22.6. The number of nitrogens with zero attached hydrogens (tertiary/aromatic N) is 2. The summed E-state index contributed by atoms with van der Waals surface area (Å²) < 4.78 is 5.33. The Morgan fingerprint density at radius 3 is 2.65 bits per heavy atom. The summed E-state index contributed by atoms with van der Waals surface area (Å²) in [5, 5.41) is 5.21. The molecule has 1 amide bonds. The maximum Gasteiger partial charge on any atom is 0.223 e. The summed E-state index contributed by atoms with van der Waals surface area (Å²) in [4.78, 5) is 20.6. The lowest BCUT2D eigenvalue weighted by Gasteiger charge is -2.28. The van der Waals surface area contributed by atoms with E-state index in [0.717, 1.165) is 22.6 Å². The van der Waals surface area contributed by atoms with Gasteiger partial charge in [0.2, 0.25) is 5.91 Å². The molecular formula is C24H28Cl2N2O3. The Labute approximate surface area is 193 Å². The minimum Gasteiger partial charge on any atom is -0.497 e. The van der Waals surface area contributed by atoms with E-state index >= 15 is 0 Å². The molecule has 0 saturated heterocycles. The van der Waals surface area contributed by atoms with Crippen molar-refractivity contribution in [2.24, 2.45) is 10.6 Å². The Morgan fingerprint density at radius 2 is 1.97 bits per heavy atom. The number of carbonyl (C=O) groups is 1. The van der Waals surface area contributed by atoms with E-state index in [1.165, 1.54) is 0 Å². The molecular weight excluding hydrogens is 435 g/mol. The Hall–Kier alpha value is -2.24. The molecule has 0 N–H and O–H groups in total. The lowest BCUT2D eigenvalue weighted by atomic mass is 9.91. The van der Waals surface area contributed by atoms with Crippen molar-refractivity contribution in [3.05, 3.63) is 63.6 Å². The van der Waals surface area contributed by atoms with Gasteiger partial charge < -0.3 is 14.5 Å². The van der Waals surface area contributed by atoms with Crippen molar-refractivity contribution in [1.82, 2.24) is 4.90 Å². The topological polar surface area (TPSA) is 51.1 Å². The van der Waals surface area contributed by atoms with Crippen LogP contribution in [0.2, 0.25) is 10.0 Å². The predicted molar refractivity (Wildman–Crippen MR) is 125 cm³/mol. The number of halogens is 2. The fourth-order valence-corrected chi connectivity index (χ4v) is 3.73. The Bertz CT molecular complexity index is 970. The summed E-state index contributed by atoms with van der Waals surface area (Å²) in [6, 6.07) is 13.2. The van der Waals surface area contributed by atoms with Gasteiger partial charge >= 0.3 is 0 Å². The number of rotatable bonds is 7. The highest BCUT2D eigenvalue weighted by Gasteiger charge is 2.29. The van der Waals surface area contributed by atoms with E-state index in [0.29, 0.717) is 36.0 Å². The normalized spacial score (nSPS) is 15.9. The van der Waals surface area contributed by atoms with Gasteiger partial charge in [-0.1, -0.05) is 67.3 Å². The summed E-state index contributed by atoms with van der Waals surface area (Å²) in [7, 11) is 1.63. The zero-order valence-corrected chi connectivity index (χ0v) is 19.8. The largest absolute Gasteiger partial charge is 0.497 e. The maximum absolute atomic E-state index is 13.1. The minimum absolute atomic E-state index is 0.0851. The van der Waals surface area contributed by atoms with Crippen LogP contribution in [-0.4, -0.2) is 36.3 Å². The van der Waals surface area contributed by atoms with Crippen molar-refractivity contribution in [2.75, 3.05) is 13.7 Å². The fraction of sp³-hybridized carbons (Fsp3) is 0.417. The summed E-state index contributed by atoms with van der Waals surface area (Å²) in [5.74, 6) is 0.852. The number of oxime groups is 1. The average molecular weight is 463 g/mol. The van der Waals surface area contributed by atoms with Crippen LogP contribution in [0.5, 0.6) is 5.75 Å². The van der Waals surface area contributed by atoms with Gasteiger partial charge in [-0.25, -0.2) is 0 Å². The van der Waals surface area contributed by atoms with Crippen molar-refractivity contribution in [3.63, 3.8) is 0 Å². The van der Waals surface area contributed by atoms with Crippen molar-refractivity contribution in [2.45, 2.75) is 46.3 Å². The van der Waals surface area contributed by atoms with Crippen molar-refractivity contribution < 1.29 is 14.4 Å². The third kappa shape index (κ3) is 6.62. The summed E-state index contributed by atoms with van der Waals surface area (Å²) in [6.45, 7) is 7.11. The first kappa shape index (κ1) is 23.4. The van der Waals surface area contributed by atoms with Gasteiger partial charge in [0.15, 0.2) is 6.10 Å². The van der Waals surface area contributed by atoms with E-state index in [1.807, 2.05) is 35.2 Å². The molecule has 31 heavy (non-hydrogen) atoms. The Kier molecular flexibility index (Phi) is 7.50. The Morgan fingerprint density at radius 1 is 1.19 bits per heavy atom. The maximum atomic E-state index is 13.1. The molecule has 0 aliphatic carbocycles. The van der Waals surface area contributed by atoms with E-state index in [-0.39, 0.29) is 17.4 Å². The van der Waals surface area contributed by atoms with E-state index < -0.39 is 0 Å². The molecule has 0 unspecified atom stereocenters. The molecule has 0 bridgehead atoms. The summed E-state index contributed by atoms with van der Waals surface area (Å²) in [5.41, 5.74) is 2.57. The van der Waals surface area contributed by atoms with Crippen LogP contribution in [0.25, 0.3) is 0 Å². The molecule has 1 atom stereocenters. The van der Waals surface area contributed by atoms with Crippen LogP contribution in [0.1, 0.15) is 44.7 Å². The molecule has 0 fully saturated rings. The summed E-state index contributed by atoms with van der Waals surface area (Å²) in [6.07, 6.45) is 0.818. The van der Waals surface area contributed by atoms with Crippen LogP contribution >= 0.6 is 23.2 Å². The predicted octanol–water partition coefficient (Wildman–Crippen LogP) is 5.96. The first-order valence-electron chi connectivity index (χ1n) is 10.2. The smallest absolute Gasteiger partial charge is 0.223 e. The fourth-order valence-electron chi connectivity index (χ4n) is 3.43. The second-order valence-electron chi connectivity index (χ2n) is 8.96. The quantitative estimate of drug-likeness (QED) is 0.509. The number of hydrogen-bond donors (Lipinski definition) is 0. The molecule has 0 saturated carbocycles. The molecule has 1 aliphatic rings. The zero-order valence-electron chi connectivity index (χ0n) is 18.3. The molecule has 2 aromatic carbocycles. The highest BCUT2D eigenvalue weighted by Crippen LogP contribution is 2.27. The van der Waals surface area contributed by atoms with Gasteiger partial charge in [0, 0.05) is 24.9 Å². The van der Waals surface area contributed by atoms with Crippen molar-refractivity contribution >= 4 is 34.8 Å². The lowest BCUT2D eigenvalue weighted by molar-refractivity contribution is -0.135. The van der Waals surface area contributed by atoms with Crippen LogP contribution < -0.4 is 4.74 Å². The van der Waals surface area contributed by atoms with Crippen LogP contribution in [0.4, 0.5) is 0 Å². The van der Waals surface area contributed by atoms with Crippen LogP contribution in [0.3, 0.4) is 0 Å². The molecule has 5 nitrogen and oxygen atoms in total. The average Bonchev–Trinajstić information content (AvgIpc) is 3.17. The third-order valence-electron chi connectivity index (χ3n) is 4.95. The molecule has 0 aromatic heterocycles. The standard InChI is InChI=1S/C24H28Cl2N2O3/c1-24(2,3)13-23(29)28(14-16-6-5-7-18(10-16)30-4)15-19-12-22(27-31-19)17-8-9-20(25)21(26)11-17/h5-11,19H,12-15H2,1-4H3/t19-/m1/s1. The van der Waals surface area contributed by atoms with E-state index in [1.54, 1.807) is 19.2 Å². The van der Waals surface area contributed by atoms with E-state index in [4.69, 9.17) is 32.8 Å². The van der Waals surface area contributed by atoms with Crippen molar-refractivity contribution in [3.8, 4) is 5.75 Å². The molecule has 0 radical (unpaired) electrons. The van der Waals surface area contributed by atoms with Gasteiger partial charge in [-0.15, -0.1) is 0 Å². The first-order valence-corrected chi connectivity index (χ1v) is 11.0. The molecule has 0 spiro atoms. The molecule has 7 heteroatoms. The molecule has 3 rings (SSSR count). The Balaban J connectivity index is 1.72.